The molecule has 1 amide bonds. The Morgan fingerprint density at radius 3 is 2.21 bits per heavy atom. The van der Waals surface area contributed by atoms with Crippen molar-refractivity contribution in [2.45, 2.75) is 25.7 Å². The van der Waals surface area contributed by atoms with Gasteiger partial charge in [-0.15, -0.1) is 0 Å². The predicted molar refractivity (Wildman–Crippen MR) is 88.2 cm³/mol. The molecule has 2 saturated heterocycles. The summed E-state index contributed by atoms with van der Waals surface area (Å²) in [7, 11) is 0.888. The second-order valence-corrected chi connectivity index (χ2v) is 8.75. The Hall–Kier alpha value is -1.19. The van der Waals surface area contributed by atoms with E-state index in [9.17, 15) is 18.0 Å². The highest BCUT2D eigenvalue weighted by Gasteiger charge is 2.36. The molecule has 2 fully saturated rings. The molecule has 0 N–H and O–H groups in total. The molecule has 0 bridgehead atoms. The first kappa shape index (κ1) is 19.1. The molecule has 1 unspecified atom stereocenters. The standard InChI is InChI=1S/C15H27N3O5S/c1-16(2)24(21,22)18-8-4-5-13(11-18)14(19)17-9-6-12(7-10-17)15(20)23-3/h12-13H,4-11H2,1-3H3. The van der Waals surface area contributed by atoms with E-state index in [0.717, 1.165) is 0 Å². The van der Waals surface area contributed by atoms with Crippen LogP contribution in [0, 0.1) is 11.8 Å². The van der Waals surface area contributed by atoms with Crippen molar-refractivity contribution in [3.05, 3.63) is 0 Å². The van der Waals surface area contributed by atoms with Crippen molar-refractivity contribution in [1.29, 1.82) is 0 Å². The molecule has 2 aliphatic heterocycles. The summed E-state index contributed by atoms with van der Waals surface area (Å²) in [4.78, 5) is 26.0. The molecule has 0 aliphatic carbocycles. The van der Waals surface area contributed by atoms with Gasteiger partial charge in [0, 0.05) is 40.3 Å². The van der Waals surface area contributed by atoms with Gasteiger partial charge in [0.15, 0.2) is 0 Å². The van der Waals surface area contributed by atoms with E-state index in [-0.39, 0.29) is 30.3 Å². The summed E-state index contributed by atoms with van der Waals surface area (Å²) >= 11 is 0. The van der Waals surface area contributed by atoms with Crippen molar-refractivity contribution in [2.75, 3.05) is 47.4 Å². The first-order valence-corrected chi connectivity index (χ1v) is 9.71. The zero-order valence-corrected chi connectivity index (χ0v) is 15.4. The van der Waals surface area contributed by atoms with Gasteiger partial charge in [0.1, 0.15) is 0 Å². The normalized spacial score (nSPS) is 24.2. The van der Waals surface area contributed by atoms with Gasteiger partial charge in [0.25, 0.3) is 10.2 Å². The van der Waals surface area contributed by atoms with Crippen LogP contribution >= 0.6 is 0 Å². The van der Waals surface area contributed by atoms with Gasteiger partial charge >= 0.3 is 5.97 Å². The maximum absolute atomic E-state index is 12.7. The van der Waals surface area contributed by atoms with Crippen molar-refractivity contribution in [3.63, 3.8) is 0 Å². The highest BCUT2D eigenvalue weighted by molar-refractivity contribution is 7.86. The number of hydrogen-bond acceptors (Lipinski definition) is 5. The monoisotopic (exact) mass is 361 g/mol. The predicted octanol–water partition coefficient (Wildman–Crippen LogP) is -0.0836. The summed E-state index contributed by atoms with van der Waals surface area (Å²) < 4.78 is 31.8. The summed E-state index contributed by atoms with van der Waals surface area (Å²) in [6.07, 6.45) is 2.59. The van der Waals surface area contributed by atoms with Crippen LogP contribution in [0.2, 0.25) is 0 Å². The average molecular weight is 361 g/mol. The van der Waals surface area contributed by atoms with Gasteiger partial charge < -0.3 is 9.64 Å². The maximum Gasteiger partial charge on any atom is 0.308 e. The highest BCUT2D eigenvalue weighted by atomic mass is 32.2. The summed E-state index contributed by atoms with van der Waals surface area (Å²) in [6.45, 7) is 1.73. The van der Waals surface area contributed by atoms with Gasteiger partial charge in [-0.05, 0) is 25.7 Å². The molecule has 0 radical (unpaired) electrons. The number of nitrogens with zero attached hydrogens (tertiary/aromatic N) is 3. The quantitative estimate of drug-likeness (QED) is 0.654. The third kappa shape index (κ3) is 4.07. The van der Waals surface area contributed by atoms with Crippen molar-refractivity contribution < 1.29 is 22.7 Å². The van der Waals surface area contributed by atoms with Crippen LogP contribution < -0.4 is 0 Å². The van der Waals surface area contributed by atoms with Crippen molar-refractivity contribution in [3.8, 4) is 0 Å². The van der Waals surface area contributed by atoms with Gasteiger partial charge in [-0.25, -0.2) is 0 Å². The fourth-order valence-electron chi connectivity index (χ4n) is 3.34. The summed E-state index contributed by atoms with van der Waals surface area (Å²) in [5.74, 6) is -0.667. The number of piperidine rings is 2. The molecule has 24 heavy (non-hydrogen) atoms. The Labute approximate surface area is 143 Å². The van der Waals surface area contributed by atoms with Crippen LogP contribution in [-0.4, -0.2) is 81.2 Å². The Bertz CT molecular complexity index is 570. The number of carbonyl (C=O) groups excluding carboxylic acids is 2. The molecule has 0 aromatic heterocycles. The largest absolute Gasteiger partial charge is 0.469 e. The van der Waals surface area contributed by atoms with Crippen LogP contribution in [0.4, 0.5) is 0 Å². The molecule has 0 spiro atoms. The van der Waals surface area contributed by atoms with Gasteiger partial charge in [-0.2, -0.15) is 17.0 Å². The van der Waals surface area contributed by atoms with E-state index < -0.39 is 10.2 Å². The van der Waals surface area contributed by atoms with Crippen LogP contribution in [0.1, 0.15) is 25.7 Å². The second kappa shape index (κ2) is 7.79. The minimum absolute atomic E-state index is 0.00280. The van der Waals surface area contributed by atoms with Crippen molar-refractivity contribution in [1.82, 2.24) is 13.5 Å². The molecule has 2 heterocycles. The molecule has 0 saturated carbocycles. The molecule has 1 atom stereocenters. The third-order valence-corrected chi connectivity index (χ3v) is 6.77. The highest BCUT2D eigenvalue weighted by Crippen LogP contribution is 2.25. The Kier molecular flexibility index (Phi) is 6.22. The Balaban J connectivity index is 1.95. The van der Waals surface area contributed by atoms with E-state index in [4.69, 9.17) is 4.74 Å². The minimum Gasteiger partial charge on any atom is -0.469 e. The molecule has 8 nitrogen and oxygen atoms in total. The third-order valence-electron chi connectivity index (χ3n) is 4.86. The summed E-state index contributed by atoms with van der Waals surface area (Å²) in [5.41, 5.74) is 0. The van der Waals surface area contributed by atoms with E-state index in [1.165, 1.54) is 29.8 Å². The SMILES string of the molecule is COC(=O)C1CCN(C(=O)C2CCCN(S(=O)(=O)N(C)C)C2)CC1. The maximum atomic E-state index is 12.7. The number of hydrogen-bond donors (Lipinski definition) is 0. The minimum atomic E-state index is -3.49. The number of likely N-dealkylation sites (tertiary alicyclic amines) is 1. The van der Waals surface area contributed by atoms with E-state index in [2.05, 4.69) is 0 Å². The zero-order valence-electron chi connectivity index (χ0n) is 14.6. The second-order valence-electron chi connectivity index (χ2n) is 6.61. The van der Waals surface area contributed by atoms with Crippen molar-refractivity contribution in [2.24, 2.45) is 11.8 Å². The lowest BCUT2D eigenvalue weighted by molar-refractivity contribution is -0.149. The number of methoxy groups -OCH3 is 1. The number of rotatable bonds is 4. The summed E-state index contributed by atoms with van der Waals surface area (Å²) in [6, 6.07) is 0. The lowest BCUT2D eigenvalue weighted by atomic mass is 9.93. The van der Waals surface area contributed by atoms with Crippen LogP contribution in [-0.2, 0) is 24.5 Å². The first-order valence-electron chi connectivity index (χ1n) is 8.31. The fourth-order valence-corrected chi connectivity index (χ4v) is 4.53. The molecule has 138 valence electrons. The lowest BCUT2D eigenvalue weighted by Crippen LogP contribution is -2.51. The van der Waals surface area contributed by atoms with Gasteiger partial charge in [0.2, 0.25) is 5.91 Å². The number of amides is 1. The van der Waals surface area contributed by atoms with Gasteiger partial charge in [-0.1, -0.05) is 0 Å². The van der Waals surface area contributed by atoms with Crippen LogP contribution in [0.5, 0.6) is 0 Å². The molecular weight excluding hydrogens is 334 g/mol. The van der Waals surface area contributed by atoms with Crippen LogP contribution in [0.15, 0.2) is 0 Å². The average Bonchev–Trinajstić information content (AvgIpc) is 2.60. The fraction of sp³-hybridized carbons (Fsp3) is 0.867. The van der Waals surface area contributed by atoms with Crippen LogP contribution in [0.25, 0.3) is 0 Å². The van der Waals surface area contributed by atoms with E-state index >= 15 is 0 Å². The van der Waals surface area contributed by atoms with Gasteiger partial charge in [0.05, 0.1) is 18.9 Å². The first-order chi connectivity index (χ1) is 11.3. The molecule has 2 rings (SSSR count). The molecular formula is C15H27N3O5S. The number of esters is 1. The molecule has 0 aromatic carbocycles. The van der Waals surface area contributed by atoms with E-state index in [1.54, 1.807) is 4.90 Å². The topological polar surface area (TPSA) is 87.2 Å². The Morgan fingerprint density at radius 1 is 1.04 bits per heavy atom. The van der Waals surface area contributed by atoms with Crippen LogP contribution in [0.3, 0.4) is 0 Å². The number of ether oxygens (including phenoxy) is 1. The van der Waals surface area contributed by atoms with E-state index in [1.807, 2.05) is 0 Å². The molecule has 9 heteroatoms. The lowest BCUT2D eigenvalue weighted by Gasteiger charge is -2.37. The van der Waals surface area contributed by atoms with Gasteiger partial charge in [-0.3, -0.25) is 9.59 Å². The Morgan fingerprint density at radius 2 is 1.67 bits per heavy atom. The molecule has 0 aromatic rings. The zero-order chi connectivity index (χ0) is 17.9. The molecule has 2 aliphatic rings. The smallest absolute Gasteiger partial charge is 0.308 e. The summed E-state index contributed by atoms with van der Waals surface area (Å²) in [5, 5.41) is 0. The number of carbonyl (C=O) groups is 2. The van der Waals surface area contributed by atoms with Crippen molar-refractivity contribution >= 4 is 22.1 Å². The van der Waals surface area contributed by atoms with E-state index in [0.29, 0.717) is 45.3 Å².